The van der Waals surface area contributed by atoms with Crippen LogP contribution in [0.1, 0.15) is 17.4 Å². The Morgan fingerprint density at radius 1 is 1.40 bits per heavy atom. The number of nitrogens with zero attached hydrogens (tertiary/aromatic N) is 4. The molecule has 1 atom stereocenters. The van der Waals surface area contributed by atoms with Crippen molar-refractivity contribution in [1.29, 1.82) is 0 Å². The average molecular weight is 344 g/mol. The fourth-order valence-electron chi connectivity index (χ4n) is 2.74. The zero-order chi connectivity index (χ0) is 17.8. The highest BCUT2D eigenvalue weighted by Gasteiger charge is 2.26. The van der Waals surface area contributed by atoms with Crippen LogP contribution < -0.4 is 4.90 Å². The summed E-state index contributed by atoms with van der Waals surface area (Å²) in [5.74, 6) is 0.229. The maximum absolute atomic E-state index is 13.3. The number of rotatable bonds is 4. The van der Waals surface area contributed by atoms with E-state index in [1.807, 2.05) is 19.0 Å². The number of halogens is 1. The first kappa shape index (κ1) is 17.3. The van der Waals surface area contributed by atoms with E-state index in [0.29, 0.717) is 31.2 Å². The van der Waals surface area contributed by atoms with Crippen LogP contribution in [0.4, 0.5) is 10.3 Å². The lowest BCUT2D eigenvalue weighted by Crippen LogP contribution is -2.43. The van der Waals surface area contributed by atoms with Crippen molar-refractivity contribution in [2.24, 2.45) is 0 Å². The van der Waals surface area contributed by atoms with Crippen molar-refractivity contribution >= 4 is 11.9 Å². The fraction of sp³-hybridized carbons (Fsp3) is 0.389. The smallest absolute Gasteiger partial charge is 0.227 e. The topological polar surface area (TPSA) is 58.6 Å². The second kappa shape index (κ2) is 7.57. The van der Waals surface area contributed by atoms with Gasteiger partial charge in [-0.1, -0.05) is 12.1 Å². The minimum Gasteiger partial charge on any atom is -0.368 e. The molecule has 2 heterocycles. The van der Waals surface area contributed by atoms with Gasteiger partial charge in [-0.25, -0.2) is 14.4 Å². The second-order valence-electron chi connectivity index (χ2n) is 6.18. The van der Waals surface area contributed by atoms with E-state index in [-0.39, 0.29) is 24.2 Å². The quantitative estimate of drug-likeness (QED) is 0.847. The summed E-state index contributed by atoms with van der Waals surface area (Å²) in [5.41, 5.74) is 1.42. The van der Waals surface area contributed by atoms with Crippen LogP contribution in [-0.2, 0) is 16.0 Å². The van der Waals surface area contributed by atoms with Crippen LogP contribution >= 0.6 is 0 Å². The minimum absolute atomic E-state index is 0.0409. The van der Waals surface area contributed by atoms with Crippen LogP contribution in [0.25, 0.3) is 0 Å². The number of ether oxygens (including phenoxy) is 1. The van der Waals surface area contributed by atoms with E-state index in [1.165, 1.54) is 12.1 Å². The Bertz CT molecular complexity index is 753. The SMILES string of the molecule is CN(C)c1nccc([C@@H]2CN(C(=O)Cc3cccc(F)c3)CCO2)n1. The molecule has 0 aliphatic carbocycles. The van der Waals surface area contributed by atoms with Crippen LogP contribution in [0.5, 0.6) is 0 Å². The van der Waals surface area contributed by atoms with Gasteiger partial charge in [-0.05, 0) is 23.8 Å². The first-order valence-electron chi connectivity index (χ1n) is 8.17. The molecule has 0 saturated carbocycles. The number of morpholine rings is 1. The molecule has 6 nitrogen and oxygen atoms in total. The predicted octanol–water partition coefficient (Wildman–Crippen LogP) is 1.82. The summed E-state index contributed by atoms with van der Waals surface area (Å²) in [4.78, 5) is 24.8. The Morgan fingerprint density at radius 2 is 2.24 bits per heavy atom. The average Bonchev–Trinajstić information content (AvgIpc) is 2.62. The number of carbonyl (C=O) groups is 1. The van der Waals surface area contributed by atoms with Gasteiger partial charge in [-0.2, -0.15) is 0 Å². The summed E-state index contributed by atoms with van der Waals surface area (Å²) < 4.78 is 19.1. The monoisotopic (exact) mass is 344 g/mol. The summed E-state index contributed by atoms with van der Waals surface area (Å²) in [5, 5.41) is 0. The van der Waals surface area contributed by atoms with Crippen LogP contribution in [0.15, 0.2) is 36.5 Å². The fourth-order valence-corrected chi connectivity index (χ4v) is 2.74. The van der Waals surface area contributed by atoms with Crippen molar-refractivity contribution in [3.05, 3.63) is 53.6 Å². The number of carbonyl (C=O) groups excluding carboxylic acids is 1. The van der Waals surface area contributed by atoms with Gasteiger partial charge in [0.2, 0.25) is 11.9 Å². The normalized spacial score (nSPS) is 17.4. The molecule has 1 aliphatic heterocycles. The number of amides is 1. The van der Waals surface area contributed by atoms with Gasteiger partial charge in [-0.3, -0.25) is 4.79 Å². The molecule has 132 valence electrons. The van der Waals surface area contributed by atoms with E-state index in [0.717, 1.165) is 5.69 Å². The molecule has 1 saturated heterocycles. The summed E-state index contributed by atoms with van der Waals surface area (Å²) >= 11 is 0. The molecule has 25 heavy (non-hydrogen) atoms. The summed E-state index contributed by atoms with van der Waals surface area (Å²) in [6, 6.07) is 7.94. The molecule has 0 N–H and O–H groups in total. The molecule has 1 aromatic carbocycles. The molecule has 2 aromatic rings. The van der Waals surface area contributed by atoms with Gasteiger partial charge in [0.25, 0.3) is 0 Å². The summed E-state index contributed by atoms with van der Waals surface area (Å²) in [6.07, 6.45) is 1.58. The Morgan fingerprint density at radius 3 is 3.00 bits per heavy atom. The number of aromatic nitrogens is 2. The third kappa shape index (κ3) is 4.30. The summed E-state index contributed by atoms with van der Waals surface area (Å²) in [7, 11) is 3.74. The predicted molar refractivity (Wildman–Crippen MR) is 91.7 cm³/mol. The number of hydrogen-bond acceptors (Lipinski definition) is 5. The van der Waals surface area contributed by atoms with Crippen molar-refractivity contribution in [3.8, 4) is 0 Å². The van der Waals surface area contributed by atoms with Crippen LogP contribution in [0, 0.1) is 5.82 Å². The second-order valence-corrected chi connectivity index (χ2v) is 6.18. The number of benzene rings is 1. The zero-order valence-electron chi connectivity index (χ0n) is 14.4. The van der Waals surface area contributed by atoms with E-state index < -0.39 is 0 Å². The molecule has 1 aromatic heterocycles. The molecule has 0 spiro atoms. The number of hydrogen-bond donors (Lipinski definition) is 0. The minimum atomic E-state index is -0.331. The van der Waals surface area contributed by atoms with E-state index in [1.54, 1.807) is 29.3 Å². The lowest BCUT2D eigenvalue weighted by molar-refractivity contribution is -0.138. The van der Waals surface area contributed by atoms with Crippen molar-refractivity contribution in [2.45, 2.75) is 12.5 Å². The Labute approximate surface area is 146 Å². The molecular formula is C18H21FN4O2. The van der Waals surface area contributed by atoms with E-state index in [2.05, 4.69) is 9.97 Å². The Balaban J connectivity index is 1.68. The maximum Gasteiger partial charge on any atom is 0.227 e. The largest absolute Gasteiger partial charge is 0.368 e. The highest BCUT2D eigenvalue weighted by Crippen LogP contribution is 2.22. The van der Waals surface area contributed by atoms with Crippen molar-refractivity contribution in [3.63, 3.8) is 0 Å². The third-order valence-corrected chi connectivity index (χ3v) is 4.06. The van der Waals surface area contributed by atoms with Gasteiger partial charge < -0.3 is 14.5 Å². The molecule has 1 amide bonds. The van der Waals surface area contributed by atoms with E-state index in [9.17, 15) is 9.18 Å². The van der Waals surface area contributed by atoms with Crippen LogP contribution in [0.2, 0.25) is 0 Å². The van der Waals surface area contributed by atoms with Gasteiger partial charge in [0.1, 0.15) is 11.9 Å². The van der Waals surface area contributed by atoms with Crippen molar-refractivity contribution in [2.75, 3.05) is 38.7 Å². The standard InChI is InChI=1S/C18H21FN4O2/c1-22(2)18-20-7-6-15(21-18)16-12-23(8-9-25-16)17(24)11-13-4-3-5-14(19)10-13/h3-7,10,16H,8-9,11-12H2,1-2H3/t16-/m0/s1. The van der Waals surface area contributed by atoms with Crippen LogP contribution in [-0.4, -0.2) is 54.6 Å². The molecule has 3 rings (SSSR count). The van der Waals surface area contributed by atoms with Gasteiger partial charge in [0, 0.05) is 26.8 Å². The number of anilines is 1. The highest BCUT2D eigenvalue weighted by molar-refractivity contribution is 5.78. The molecule has 0 bridgehead atoms. The molecule has 7 heteroatoms. The molecule has 1 fully saturated rings. The molecular weight excluding hydrogens is 323 g/mol. The first-order chi connectivity index (χ1) is 12.0. The van der Waals surface area contributed by atoms with Gasteiger partial charge in [-0.15, -0.1) is 0 Å². The Hall–Kier alpha value is -2.54. The Kier molecular flexibility index (Phi) is 5.23. The summed E-state index contributed by atoms with van der Waals surface area (Å²) in [6.45, 7) is 1.40. The zero-order valence-corrected chi connectivity index (χ0v) is 14.4. The van der Waals surface area contributed by atoms with Crippen molar-refractivity contribution < 1.29 is 13.9 Å². The third-order valence-electron chi connectivity index (χ3n) is 4.06. The molecule has 0 radical (unpaired) electrons. The van der Waals surface area contributed by atoms with Gasteiger partial charge in [0.15, 0.2) is 0 Å². The van der Waals surface area contributed by atoms with Crippen LogP contribution in [0.3, 0.4) is 0 Å². The van der Waals surface area contributed by atoms with E-state index in [4.69, 9.17) is 4.74 Å². The maximum atomic E-state index is 13.3. The lowest BCUT2D eigenvalue weighted by atomic mass is 10.1. The first-order valence-corrected chi connectivity index (χ1v) is 8.17. The van der Waals surface area contributed by atoms with Gasteiger partial charge >= 0.3 is 0 Å². The molecule has 1 aliphatic rings. The lowest BCUT2D eigenvalue weighted by Gasteiger charge is -2.33. The van der Waals surface area contributed by atoms with E-state index >= 15 is 0 Å². The highest BCUT2D eigenvalue weighted by atomic mass is 19.1. The van der Waals surface area contributed by atoms with Gasteiger partial charge in [0.05, 0.1) is 25.3 Å². The molecule has 0 unspecified atom stereocenters. The van der Waals surface area contributed by atoms with Crippen molar-refractivity contribution in [1.82, 2.24) is 14.9 Å².